The molecular weight excluding hydrogens is 250 g/mol. The number of anilines is 1. The van der Waals surface area contributed by atoms with Crippen LogP contribution in [-0.2, 0) is 13.0 Å². The van der Waals surface area contributed by atoms with Gasteiger partial charge in [0.15, 0.2) is 0 Å². The standard InChI is InChI=1S/C15H23N5/c1-2-12-9-20(8-5-11-3-6-17-7-4-11)15-13(12)14(16)18-10-19-15/h9-11,17H,2-8H2,1H3,(H2,16,18,19). The number of hydrogen-bond acceptors (Lipinski definition) is 4. The first-order chi connectivity index (χ1) is 9.79. The highest BCUT2D eigenvalue weighted by Crippen LogP contribution is 2.25. The molecule has 3 N–H and O–H groups in total. The molecule has 20 heavy (non-hydrogen) atoms. The summed E-state index contributed by atoms with van der Waals surface area (Å²) in [5, 5.41) is 4.46. The summed E-state index contributed by atoms with van der Waals surface area (Å²) in [6.45, 7) is 5.49. The van der Waals surface area contributed by atoms with Crippen LogP contribution in [0.25, 0.3) is 11.0 Å². The van der Waals surface area contributed by atoms with Crippen molar-refractivity contribution < 1.29 is 0 Å². The molecule has 1 saturated heterocycles. The molecule has 2 aromatic heterocycles. The Morgan fingerprint density at radius 2 is 2.15 bits per heavy atom. The first-order valence-electron chi connectivity index (χ1n) is 7.58. The van der Waals surface area contributed by atoms with Crippen LogP contribution < -0.4 is 11.1 Å². The predicted molar refractivity (Wildman–Crippen MR) is 81.5 cm³/mol. The SMILES string of the molecule is CCc1cn(CCC2CCNCC2)c2ncnc(N)c12. The molecule has 1 aliphatic rings. The van der Waals surface area contributed by atoms with Gasteiger partial charge in [-0.15, -0.1) is 0 Å². The summed E-state index contributed by atoms with van der Waals surface area (Å²) in [4.78, 5) is 8.56. The van der Waals surface area contributed by atoms with E-state index in [1.54, 1.807) is 6.33 Å². The maximum Gasteiger partial charge on any atom is 0.145 e. The van der Waals surface area contributed by atoms with E-state index in [-0.39, 0.29) is 0 Å². The molecule has 1 aliphatic heterocycles. The Bertz CT molecular complexity index is 583. The third-order valence-corrected chi connectivity index (χ3v) is 4.38. The number of fused-ring (bicyclic) bond motifs is 1. The molecule has 0 bridgehead atoms. The second-order valence-electron chi connectivity index (χ2n) is 5.64. The van der Waals surface area contributed by atoms with Crippen LogP contribution in [0.15, 0.2) is 12.5 Å². The van der Waals surface area contributed by atoms with Gasteiger partial charge in [0.25, 0.3) is 0 Å². The molecule has 5 heteroatoms. The minimum absolute atomic E-state index is 0.604. The maximum absolute atomic E-state index is 6.01. The van der Waals surface area contributed by atoms with Crippen LogP contribution in [0.1, 0.15) is 31.7 Å². The Morgan fingerprint density at radius 1 is 1.35 bits per heavy atom. The molecule has 3 heterocycles. The van der Waals surface area contributed by atoms with Crippen molar-refractivity contribution in [2.24, 2.45) is 5.92 Å². The van der Waals surface area contributed by atoms with Gasteiger partial charge >= 0.3 is 0 Å². The largest absolute Gasteiger partial charge is 0.383 e. The molecule has 0 atom stereocenters. The van der Waals surface area contributed by atoms with E-state index < -0.39 is 0 Å². The Labute approximate surface area is 119 Å². The zero-order chi connectivity index (χ0) is 13.9. The van der Waals surface area contributed by atoms with Gasteiger partial charge in [-0.05, 0) is 50.3 Å². The predicted octanol–water partition coefficient (Wildman–Crippen LogP) is 1.97. The lowest BCUT2D eigenvalue weighted by Crippen LogP contribution is -2.28. The zero-order valence-corrected chi connectivity index (χ0v) is 12.1. The third kappa shape index (κ3) is 2.50. The van der Waals surface area contributed by atoms with E-state index in [1.807, 2.05) is 0 Å². The van der Waals surface area contributed by atoms with Crippen LogP contribution in [0.3, 0.4) is 0 Å². The molecule has 1 fully saturated rings. The minimum Gasteiger partial charge on any atom is -0.383 e. The monoisotopic (exact) mass is 273 g/mol. The van der Waals surface area contributed by atoms with Crippen LogP contribution in [0.2, 0.25) is 0 Å². The van der Waals surface area contributed by atoms with Gasteiger partial charge in [0.1, 0.15) is 17.8 Å². The second kappa shape index (κ2) is 5.79. The number of aromatic nitrogens is 3. The van der Waals surface area contributed by atoms with Gasteiger partial charge in [0, 0.05) is 12.7 Å². The highest BCUT2D eigenvalue weighted by Gasteiger charge is 2.15. The van der Waals surface area contributed by atoms with Crippen molar-refractivity contribution in [2.75, 3.05) is 18.8 Å². The molecule has 0 saturated carbocycles. The molecule has 0 spiro atoms. The highest BCUT2D eigenvalue weighted by molar-refractivity contribution is 5.89. The van der Waals surface area contributed by atoms with E-state index >= 15 is 0 Å². The van der Waals surface area contributed by atoms with Crippen LogP contribution in [-0.4, -0.2) is 27.6 Å². The quantitative estimate of drug-likeness (QED) is 0.893. The molecule has 3 rings (SSSR count). The van der Waals surface area contributed by atoms with Crippen molar-refractivity contribution >= 4 is 16.9 Å². The zero-order valence-electron chi connectivity index (χ0n) is 12.1. The topological polar surface area (TPSA) is 68.8 Å². The summed E-state index contributed by atoms with van der Waals surface area (Å²) in [5.74, 6) is 1.44. The fraction of sp³-hybridized carbons (Fsp3) is 0.600. The number of nitrogens with two attached hydrogens (primary N) is 1. The smallest absolute Gasteiger partial charge is 0.145 e. The van der Waals surface area contributed by atoms with Crippen molar-refractivity contribution in [2.45, 2.75) is 39.2 Å². The average Bonchev–Trinajstić information content (AvgIpc) is 2.86. The van der Waals surface area contributed by atoms with Crippen molar-refractivity contribution in [1.82, 2.24) is 19.9 Å². The van der Waals surface area contributed by atoms with Crippen molar-refractivity contribution in [3.8, 4) is 0 Å². The number of rotatable bonds is 4. The number of nitrogen functional groups attached to an aromatic ring is 1. The summed E-state index contributed by atoms with van der Waals surface area (Å²) in [5.41, 5.74) is 8.25. The first kappa shape index (κ1) is 13.4. The Balaban J connectivity index is 1.82. The number of nitrogens with one attached hydrogen (secondary N) is 1. The summed E-state index contributed by atoms with van der Waals surface area (Å²) in [6, 6.07) is 0. The van der Waals surface area contributed by atoms with Gasteiger partial charge in [-0.1, -0.05) is 6.92 Å². The van der Waals surface area contributed by atoms with Crippen LogP contribution in [0.5, 0.6) is 0 Å². The molecule has 108 valence electrons. The van der Waals surface area contributed by atoms with Crippen LogP contribution in [0.4, 0.5) is 5.82 Å². The molecule has 0 aromatic carbocycles. The van der Waals surface area contributed by atoms with E-state index in [0.29, 0.717) is 5.82 Å². The first-order valence-corrected chi connectivity index (χ1v) is 7.58. The average molecular weight is 273 g/mol. The summed E-state index contributed by atoms with van der Waals surface area (Å²) < 4.78 is 2.26. The van der Waals surface area contributed by atoms with E-state index in [1.165, 1.54) is 24.8 Å². The molecule has 0 unspecified atom stereocenters. The van der Waals surface area contributed by atoms with Gasteiger partial charge < -0.3 is 15.6 Å². The minimum atomic E-state index is 0.604. The second-order valence-corrected chi connectivity index (χ2v) is 5.64. The number of hydrogen-bond donors (Lipinski definition) is 2. The number of piperidine rings is 1. The third-order valence-electron chi connectivity index (χ3n) is 4.38. The number of nitrogens with zero attached hydrogens (tertiary/aromatic N) is 3. The molecule has 0 radical (unpaired) electrons. The van der Waals surface area contributed by atoms with E-state index in [2.05, 4.69) is 33.0 Å². The van der Waals surface area contributed by atoms with Crippen molar-refractivity contribution in [1.29, 1.82) is 0 Å². The van der Waals surface area contributed by atoms with Gasteiger partial charge in [0.05, 0.1) is 5.39 Å². The molecule has 5 nitrogen and oxygen atoms in total. The summed E-state index contributed by atoms with van der Waals surface area (Å²) in [6.07, 6.45) is 8.54. The highest BCUT2D eigenvalue weighted by atomic mass is 15.1. The lowest BCUT2D eigenvalue weighted by molar-refractivity contribution is 0.339. The van der Waals surface area contributed by atoms with Crippen molar-refractivity contribution in [3.63, 3.8) is 0 Å². The lowest BCUT2D eigenvalue weighted by Gasteiger charge is -2.22. The Kier molecular flexibility index (Phi) is 3.87. The molecule has 0 aliphatic carbocycles. The van der Waals surface area contributed by atoms with Crippen LogP contribution >= 0.6 is 0 Å². The Morgan fingerprint density at radius 3 is 2.90 bits per heavy atom. The fourth-order valence-corrected chi connectivity index (χ4v) is 3.16. The molecular formula is C15H23N5. The van der Waals surface area contributed by atoms with Gasteiger partial charge in [-0.3, -0.25) is 0 Å². The van der Waals surface area contributed by atoms with Gasteiger partial charge in [-0.25, -0.2) is 9.97 Å². The van der Waals surface area contributed by atoms with E-state index in [4.69, 9.17) is 5.73 Å². The fourth-order valence-electron chi connectivity index (χ4n) is 3.16. The number of aryl methyl sites for hydroxylation is 2. The van der Waals surface area contributed by atoms with Gasteiger partial charge in [-0.2, -0.15) is 0 Å². The van der Waals surface area contributed by atoms with E-state index in [9.17, 15) is 0 Å². The van der Waals surface area contributed by atoms with Gasteiger partial charge in [0.2, 0.25) is 0 Å². The molecule has 0 amide bonds. The lowest BCUT2D eigenvalue weighted by atomic mass is 9.95. The maximum atomic E-state index is 6.01. The Hall–Kier alpha value is -1.62. The van der Waals surface area contributed by atoms with Crippen molar-refractivity contribution in [3.05, 3.63) is 18.1 Å². The molecule has 2 aromatic rings. The van der Waals surface area contributed by atoms with E-state index in [0.717, 1.165) is 43.0 Å². The van der Waals surface area contributed by atoms with Crippen LogP contribution in [0, 0.1) is 5.92 Å². The summed E-state index contributed by atoms with van der Waals surface area (Å²) >= 11 is 0. The normalized spacial score (nSPS) is 16.9. The summed E-state index contributed by atoms with van der Waals surface area (Å²) in [7, 11) is 0.